The number of aliphatic carboxylic acids is 1. The summed E-state index contributed by atoms with van der Waals surface area (Å²) in [5.74, 6) is 0.000636. The van der Waals surface area contributed by atoms with Gasteiger partial charge >= 0.3 is 5.97 Å². The lowest BCUT2D eigenvalue weighted by atomic mass is 10.1. The number of nitrogens with one attached hydrogen (secondary N) is 1. The lowest BCUT2D eigenvalue weighted by Crippen LogP contribution is -2.42. The Balaban J connectivity index is 1.29. The maximum Gasteiger partial charge on any atom is 0.326 e. The number of benzene rings is 3. The molecule has 0 unspecified atom stereocenters. The topological polar surface area (TPSA) is 109 Å². The first kappa shape index (κ1) is 28.0. The van der Waals surface area contributed by atoms with Crippen molar-refractivity contribution in [1.29, 1.82) is 0 Å². The van der Waals surface area contributed by atoms with Crippen molar-refractivity contribution in [3.8, 4) is 16.9 Å². The summed E-state index contributed by atoms with van der Waals surface area (Å²) < 4.78 is 7.70. The number of ether oxygens (including phenoxy) is 1. The van der Waals surface area contributed by atoms with Crippen LogP contribution < -0.4 is 15.0 Å². The van der Waals surface area contributed by atoms with Crippen LogP contribution in [0, 0.1) is 0 Å². The van der Waals surface area contributed by atoms with E-state index in [1.54, 1.807) is 10.7 Å². The molecule has 0 radical (unpaired) electrons. The SMILES string of the molecule is O=C(N[C@@H](Cc1ccccc1)C(=O)O)c1cnn2c(N3CCCCC3)c(-c3ccc(OCc4ccccc4)cc3)cnc12. The predicted octanol–water partition coefficient (Wildman–Crippen LogP) is 5.39. The monoisotopic (exact) mass is 575 g/mol. The summed E-state index contributed by atoms with van der Waals surface area (Å²) in [4.78, 5) is 32.3. The number of hydrogen-bond acceptors (Lipinski definition) is 6. The van der Waals surface area contributed by atoms with Crippen LogP contribution in [0.15, 0.2) is 97.3 Å². The van der Waals surface area contributed by atoms with E-state index in [1.165, 1.54) is 6.20 Å². The van der Waals surface area contributed by atoms with Crippen LogP contribution in [-0.4, -0.2) is 50.7 Å². The number of fused-ring (bicyclic) bond motifs is 1. The number of carboxylic acid groups (broad SMARTS) is 1. The second kappa shape index (κ2) is 12.8. The molecule has 3 aromatic carbocycles. The molecule has 5 aromatic rings. The highest BCUT2D eigenvalue weighted by Gasteiger charge is 2.26. The van der Waals surface area contributed by atoms with Crippen molar-refractivity contribution in [2.75, 3.05) is 18.0 Å². The minimum Gasteiger partial charge on any atom is -0.489 e. The van der Waals surface area contributed by atoms with E-state index >= 15 is 0 Å². The van der Waals surface area contributed by atoms with E-state index in [-0.39, 0.29) is 12.0 Å². The van der Waals surface area contributed by atoms with Crippen molar-refractivity contribution in [1.82, 2.24) is 19.9 Å². The summed E-state index contributed by atoms with van der Waals surface area (Å²) in [7, 11) is 0. The lowest BCUT2D eigenvalue weighted by Gasteiger charge is -2.30. The Morgan fingerprint density at radius 1 is 0.860 bits per heavy atom. The molecular formula is C34H33N5O4. The van der Waals surface area contributed by atoms with Crippen LogP contribution in [0.4, 0.5) is 5.82 Å². The zero-order chi connectivity index (χ0) is 29.6. The number of rotatable bonds is 10. The molecule has 218 valence electrons. The normalized spacial score (nSPS) is 13.9. The first-order chi connectivity index (χ1) is 21.1. The maximum atomic E-state index is 13.4. The molecule has 2 aromatic heterocycles. The number of hydrogen-bond donors (Lipinski definition) is 2. The van der Waals surface area contributed by atoms with Gasteiger partial charge in [-0.25, -0.2) is 9.78 Å². The number of carboxylic acids is 1. The first-order valence-electron chi connectivity index (χ1n) is 14.5. The van der Waals surface area contributed by atoms with Gasteiger partial charge < -0.3 is 20.1 Å². The highest BCUT2D eigenvalue weighted by atomic mass is 16.5. The summed E-state index contributed by atoms with van der Waals surface area (Å²) in [6.07, 6.45) is 6.70. The van der Waals surface area contributed by atoms with Gasteiger partial charge in [0, 0.05) is 31.3 Å². The zero-order valence-corrected chi connectivity index (χ0v) is 23.7. The molecular weight excluding hydrogens is 542 g/mol. The minimum atomic E-state index is -1.10. The third-order valence-corrected chi connectivity index (χ3v) is 7.70. The number of nitrogens with zero attached hydrogens (tertiary/aromatic N) is 4. The second-order valence-electron chi connectivity index (χ2n) is 10.7. The van der Waals surface area contributed by atoms with Gasteiger partial charge in [0.2, 0.25) is 0 Å². The molecule has 2 N–H and O–H groups in total. The standard InChI is InChI=1S/C34H33N5O4/c40-32(37-30(34(41)42)20-24-10-4-1-5-11-24)29-22-36-39-31(29)35-21-28(33(39)38-18-8-3-9-19-38)26-14-16-27(17-15-26)43-23-25-12-6-2-7-13-25/h1-2,4-7,10-17,21-22,30H,3,8-9,18-20,23H2,(H,37,40)(H,41,42)/t30-/m0/s1. The van der Waals surface area contributed by atoms with Crippen LogP contribution in [0.5, 0.6) is 5.75 Å². The van der Waals surface area contributed by atoms with E-state index in [0.29, 0.717) is 12.3 Å². The Hall–Kier alpha value is -5.18. The van der Waals surface area contributed by atoms with Gasteiger partial charge in [0.25, 0.3) is 5.91 Å². The summed E-state index contributed by atoms with van der Waals surface area (Å²) in [6.45, 7) is 2.22. The average molecular weight is 576 g/mol. The van der Waals surface area contributed by atoms with Crippen molar-refractivity contribution in [3.05, 3.63) is 114 Å². The zero-order valence-electron chi connectivity index (χ0n) is 23.7. The van der Waals surface area contributed by atoms with Gasteiger partial charge in [0.15, 0.2) is 5.65 Å². The Labute approximate surface area is 249 Å². The van der Waals surface area contributed by atoms with E-state index in [4.69, 9.17) is 4.74 Å². The Kier molecular flexibility index (Phi) is 8.31. The summed E-state index contributed by atoms with van der Waals surface area (Å²) in [5, 5.41) is 17.1. The smallest absolute Gasteiger partial charge is 0.326 e. The van der Waals surface area contributed by atoms with E-state index in [1.807, 2.05) is 84.9 Å². The van der Waals surface area contributed by atoms with Crippen molar-refractivity contribution in [2.24, 2.45) is 0 Å². The average Bonchev–Trinajstić information content (AvgIpc) is 3.49. The number of piperidine rings is 1. The molecule has 9 heteroatoms. The number of aromatic nitrogens is 3. The van der Waals surface area contributed by atoms with Crippen molar-refractivity contribution in [3.63, 3.8) is 0 Å². The predicted molar refractivity (Wildman–Crippen MR) is 164 cm³/mol. The van der Waals surface area contributed by atoms with Crippen molar-refractivity contribution in [2.45, 2.75) is 38.3 Å². The van der Waals surface area contributed by atoms with Crippen LogP contribution >= 0.6 is 0 Å². The quantitative estimate of drug-likeness (QED) is 0.230. The molecule has 1 saturated heterocycles. The largest absolute Gasteiger partial charge is 0.489 e. The van der Waals surface area contributed by atoms with E-state index in [0.717, 1.165) is 66.2 Å². The van der Waals surface area contributed by atoms with Gasteiger partial charge in [0.1, 0.15) is 29.8 Å². The molecule has 1 amide bonds. The third kappa shape index (κ3) is 6.35. The third-order valence-electron chi connectivity index (χ3n) is 7.70. The van der Waals surface area contributed by atoms with Crippen LogP contribution in [-0.2, 0) is 17.8 Å². The minimum absolute atomic E-state index is 0.169. The van der Waals surface area contributed by atoms with Gasteiger partial charge in [-0.2, -0.15) is 9.61 Å². The molecule has 1 atom stereocenters. The molecule has 0 bridgehead atoms. The molecule has 0 spiro atoms. The maximum absolute atomic E-state index is 13.4. The second-order valence-corrected chi connectivity index (χ2v) is 10.7. The summed E-state index contributed by atoms with van der Waals surface area (Å²) in [6, 6.07) is 26.1. The Bertz CT molecular complexity index is 1700. The van der Waals surface area contributed by atoms with Crippen LogP contribution in [0.2, 0.25) is 0 Å². The van der Waals surface area contributed by atoms with Crippen LogP contribution in [0.3, 0.4) is 0 Å². The Morgan fingerprint density at radius 3 is 2.21 bits per heavy atom. The van der Waals surface area contributed by atoms with Gasteiger partial charge in [-0.3, -0.25) is 4.79 Å². The molecule has 0 saturated carbocycles. The molecule has 6 rings (SSSR count). The lowest BCUT2D eigenvalue weighted by molar-refractivity contribution is -0.139. The van der Waals surface area contributed by atoms with Gasteiger partial charge in [0.05, 0.1) is 6.20 Å². The van der Waals surface area contributed by atoms with Gasteiger partial charge in [-0.1, -0.05) is 72.8 Å². The molecule has 1 aliphatic rings. The molecule has 3 heterocycles. The fourth-order valence-corrected chi connectivity index (χ4v) is 5.45. The number of amides is 1. The fourth-order valence-electron chi connectivity index (χ4n) is 5.45. The molecule has 0 aliphatic carbocycles. The van der Waals surface area contributed by atoms with Gasteiger partial charge in [-0.15, -0.1) is 0 Å². The first-order valence-corrected chi connectivity index (χ1v) is 14.5. The van der Waals surface area contributed by atoms with Crippen molar-refractivity contribution >= 4 is 23.3 Å². The number of carbonyl (C=O) groups excluding carboxylic acids is 1. The van der Waals surface area contributed by atoms with Crippen LogP contribution in [0.25, 0.3) is 16.8 Å². The fraction of sp³-hybridized carbons (Fsp3) is 0.235. The number of anilines is 1. The van der Waals surface area contributed by atoms with E-state index in [9.17, 15) is 14.7 Å². The van der Waals surface area contributed by atoms with Crippen molar-refractivity contribution < 1.29 is 19.4 Å². The molecule has 1 aliphatic heterocycles. The summed E-state index contributed by atoms with van der Waals surface area (Å²) >= 11 is 0. The van der Waals surface area contributed by atoms with Gasteiger partial charge in [-0.05, 0) is 48.1 Å². The summed E-state index contributed by atoms with van der Waals surface area (Å²) in [5.41, 5.74) is 4.38. The van der Waals surface area contributed by atoms with E-state index < -0.39 is 17.9 Å². The highest BCUT2D eigenvalue weighted by molar-refractivity contribution is 6.01. The highest BCUT2D eigenvalue weighted by Crippen LogP contribution is 2.34. The Morgan fingerprint density at radius 2 is 1.53 bits per heavy atom. The number of carbonyl (C=O) groups is 2. The molecule has 1 fully saturated rings. The molecule has 43 heavy (non-hydrogen) atoms. The molecule has 9 nitrogen and oxygen atoms in total. The van der Waals surface area contributed by atoms with E-state index in [2.05, 4.69) is 20.3 Å². The van der Waals surface area contributed by atoms with Crippen LogP contribution in [0.1, 0.15) is 40.7 Å².